The third kappa shape index (κ3) is 3.89. The Kier molecular flexibility index (Phi) is 4.38. The van der Waals surface area contributed by atoms with Gasteiger partial charge in [-0.25, -0.2) is 13.4 Å². The molecule has 2 heterocycles. The molecule has 0 spiro atoms. The third-order valence-electron chi connectivity index (χ3n) is 2.50. The van der Waals surface area contributed by atoms with E-state index in [4.69, 9.17) is 9.52 Å². The standard InChI is InChI=1S/C12H15NO4S2/c1-9(5-14)7-19(15,16)8-10-6-17-12(13-10)11-3-2-4-18-11/h2-4,6,9,14H,5,7-8H2,1H3. The molecule has 2 aromatic heterocycles. The Morgan fingerprint density at radius 2 is 2.32 bits per heavy atom. The lowest BCUT2D eigenvalue weighted by atomic mass is 10.2. The molecule has 0 bridgehead atoms. The summed E-state index contributed by atoms with van der Waals surface area (Å²) in [4.78, 5) is 5.04. The summed E-state index contributed by atoms with van der Waals surface area (Å²) in [6.45, 7) is 1.55. The Morgan fingerprint density at radius 3 is 2.95 bits per heavy atom. The summed E-state index contributed by atoms with van der Waals surface area (Å²) in [6, 6.07) is 3.74. The van der Waals surface area contributed by atoms with Crippen LogP contribution in [0.25, 0.3) is 10.8 Å². The number of nitrogens with zero attached hydrogens (tertiary/aromatic N) is 1. The van der Waals surface area contributed by atoms with Gasteiger partial charge in [-0.1, -0.05) is 13.0 Å². The molecule has 0 saturated carbocycles. The van der Waals surface area contributed by atoms with Crippen molar-refractivity contribution in [2.45, 2.75) is 12.7 Å². The van der Waals surface area contributed by atoms with E-state index in [-0.39, 0.29) is 24.0 Å². The van der Waals surface area contributed by atoms with Crippen molar-refractivity contribution in [3.8, 4) is 10.8 Å². The predicted octanol–water partition coefficient (Wildman–Crippen LogP) is 1.95. The molecule has 0 aromatic carbocycles. The smallest absolute Gasteiger partial charge is 0.236 e. The zero-order valence-corrected chi connectivity index (χ0v) is 12.1. The highest BCUT2D eigenvalue weighted by Gasteiger charge is 2.19. The zero-order valence-electron chi connectivity index (χ0n) is 10.4. The fourth-order valence-electron chi connectivity index (χ4n) is 1.66. The number of sulfone groups is 1. The van der Waals surface area contributed by atoms with E-state index in [9.17, 15) is 8.42 Å². The van der Waals surface area contributed by atoms with E-state index < -0.39 is 9.84 Å². The van der Waals surface area contributed by atoms with E-state index in [1.54, 1.807) is 6.92 Å². The molecule has 0 radical (unpaired) electrons. The predicted molar refractivity (Wildman–Crippen MR) is 73.6 cm³/mol. The first-order valence-corrected chi connectivity index (χ1v) is 8.50. The van der Waals surface area contributed by atoms with Crippen LogP contribution in [0.15, 0.2) is 28.2 Å². The van der Waals surface area contributed by atoms with Crippen LogP contribution in [0.5, 0.6) is 0 Å². The lowest BCUT2D eigenvalue weighted by molar-refractivity contribution is 0.249. The summed E-state index contributed by atoms with van der Waals surface area (Å²) in [6.07, 6.45) is 1.37. The maximum absolute atomic E-state index is 11.9. The van der Waals surface area contributed by atoms with Crippen molar-refractivity contribution in [1.29, 1.82) is 0 Å². The Hall–Kier alpha value is -1.18. The molecule has 19 heavy (non-hydrogen) atoms. The van der Waals surface area contributed by atoms with E-state index in [0.29, 0.717) is 11.6 Å². The fraction of sp³-hybridized carbons (Fsp3) is 0.417. The first-order chi connectivity index (χ1) is 9.00. The van der Waals surface area contributed by atoms with Crippen LogP contribution in [0.3, 0.4) is 0 Å². The van der Waals surface area contributed by atoms with Crippen molar-refractivity contribution < 1.29 is 17.9 Å². The van der Waals surface area contributed by atoms with E-state index >= 15 is 0 Å². The molecule has 0 amide bonds. The molecule has 1 unspecified atom stereocenters. The lowest BCUT2D eigenvalue weighted by Crippen LogP contribution is -2.18. The van der Waals surface area contributed by atoms with Gasteiger partial charge >= 0.3 is 0 Å². The van der Waals surface area contributed by atoms with Crippen LogP contribution in [0.4, 0.5) is 0 Å². The number of thiophene rings is 1. The van der Waals surface area contributed by atoms with Gasteiger partial charge in [0, 0.05) is 6.61 Å². The monoisotopic (exact) mass is 301 g/mol. The van der Waals surface area contributed by atoms with Gasteiger partial charge in [0.25, 0.3) is 0 Å². The number of rotatable bonds is 6. The average Bonchev–Trinajstić information content (AvgIpc) is 2.97. The first-order valence-electron chi connectivity index (χ1n) is 5.80. The number of aliphatic hydroxyl groups excluding tert-OH is 1. The zero-order chi connectivity index (χ0) is 13.9. The van der Waals surface area contributed by atoms with Crippen LogP contribution < -0.4 is 0 Å². The Bertz CT molecular complexity index is 616. The molecule has 1 N–H and O–H groups in total. The van der Waals surface area contributed by atoms with Crippen LogP contribution >= 0.6 is 11.3 Å². The van der Waals surface area contributed by atoms with Crippen molar-refractivity contribution in [2.24, 2.45) is 5.92 Å². The van der Waals surface area contributed by atoms with Crippen LogP contribution in [-0.4, -0.2) is 30.9 Å². The van der Waals surface area contributed by atoms with Crippen molar-refractivity contribution in [3.05, 3.63) is 29.5 Å². The van der Waals surface area contributed by atoms with Gasteiger partial charge in [0.1, 0.15) is 6.26 Å². The normalized spacial score (nSPS) is 13.6. The van der Waals surface area contributed by atoms with Crippen molar-refractivity contribution >= 4 is 21.2 Å². The number of oxazole rings is 1. The van der Waals surface area contributed by atoms with E-state index in [1.807, 2.05) is 17.5 Å². The molecule has 104 valence electrons. The molecule has 0 aliphatic rings. The van der Waals surface area contributed by atoms with Gasteiger partial charge in [-0.15, -0.1) is 11.3 Å². The Balaban J connectivity index is 2.08. The lowest BCUT2D eigenvalue weighted by Gasteiger charge is -2.07. The highest BCUT2D eigenvalue weighted by atomic mass is 32.2. The van der Waals surface area contributed by atoms with E-state index in [1.165, 1.54) is 17.6 Å². The van der Waals surface area contributed by atoms with Gasteiger partial charge in [-0.05, 0) is 17.4 Å². The highest BCUT2D eigenvalue weighted by Crippen LogP contribution is 2.24. The maximum atomic E-state index is 11.9. The van der Waals surface area contributed by atoms with Crippen molar-refractivity contribution in [2.75, 3.05) is 12.4 Å². The molecular weight excluding hydrogens is 286 g/mol. The van der Waals surface area contributed by atoms with Crippen LogP contribution in [0.1, 0.15) is 12.6 Å². The topological polar surface area (TPSA) is 80.4 Å². The molecular formula is C12H15NO4S2. The summed E-state index contributed by atoms with van der Waals surface area (Å²) >= 11 is 1.48. The minimum Gasteiger partial charge on any atom is -0.444 e. The number of hydrogen-bond acceptors (Lipinski definition) is 6. The second kappa shape index (κ2) is 5.85. The van der Waals surface area contributed by atoms with Gasteiger partial charge < -0.3 is 9.52 Å². The average molecular weight is 301 g/mol. The minimum atomic E-state index is -3.28. The van der Waals surface area contributed by atoms with Gasteiger partial charge in [0.05, 0.1) is 22.1 Å². The van der Waals surface area contributed by atoms with Crippen molar-refractivity contribution in [3.63, 3.8) is 0 Å². The molecule has 7 heteroatoms. The number of aromatic nitrogens is 1. The summed E-state index contributed by atoms with van der Waals surface area (Å²) in [5.41, 5.74) is 0.397. The fourth-order valence-corrected chi connectivity index (χ4v) is 3.99. The molecule has 0 saturated heterocycles. The molecule has 5 nitrogen and oxygen atoms in total. The van der Waals surface area contributed by atoms with E-state index in [2.05, 4.69) is 4.98 Å². The number of aliphatic hydroxyl groups is 1. The number of hydrogen-bond donors (Lipinski definition) is 1. The molecule has 2 rings (SSSR count). The molecule has 1 atom stereocenters. The summed E-state index contributed by atoms with van der Waals surface area (Å²) in [5, 5.41) is 10.8. The Labute approximate surface area is 115 Å². The van der Waals surface area contributed by atoms with Gasteiger partial charge in [0.15, 0.2) is 9.84 Å². The minimum absolute atomic E-state index is 0.0509. The largest absolute Gasteiger partial charge is 0.444 e. The van der Waals surface area contributed by atoms with Gasteiger partial charge in [-0.3, -0.25) is 0 Å². The van der Waals surface area contributed by atoms with E-state index in [0.717, 1.165) is 4.88 Å². The Morgan fingerprint density at radius 1 is 1.53 bits per heavy atom. The second-order valence-corrected chi connectivity index (χ2v) is 7.52. The molecule has 0 fully saturated rings. The van der Waals surface area contributed by atoms with Crippen LogP contribution in [-0.2, 0) is 15.6 Å². The summed E-state index contributed by atoms with van der Waals surface area (Å²) < 4.78 is 29.0. The molecule has 2 aromatic rings. The maximum Gasteiger partial charge on any atom is 0.236 e. The molecule has 0 aliphatic carbocycles. The van der Waals surface area contributed by atoms with Crippen LogP contribution in [0.2, 0.25) is 0 Å². The van der Waals surface area contributed by atoms with Gasteiger partial charge in [-0.2, -0.15) is 0 Å². The highest BCUT2D eigenvalue weighted by molar-refractivity contribution is 7.90. The first kappa shape index (κ1) is 14.2. The van der Waals surface area contributed by atoms with Gasteiger partial charge in [0.2, 0.25) is 5.89 Å². The SMILES string of the molecule is CC(CO)CS(=O)(=O)Cc1coc(-c2cccs2)n1. The second-order valence-electron chi connectivity index (χ2n) is 4.46. The van der Waals surface area contributed by atoms with Crippen molar-refractivity contribution in [1.82, 2.24) is 4.98 Å². The molecule has 0 aliphatic heterocycles. The third-order valence-corrected chi connectivity index (χ3v) is 5.17. The summed E-state index contributed by atoms with van der Waals surface area (Å²) in [7, 11) is -3.28. The quantitative estimate of drug-likeness (QED) is 0.882. The van der Waals surface area contributed by atoms with Crippen LogP contribution in [0, 0.1) is 5.92 Å². The summed E-state index contributed by atoms with van der Waals surface area (Å²) in [5.74, 6) is -0.0410.